The van der Waals surface area contributed by atoms with Crippen LogP contribution in [0.5, 0.6) is 0 Å². The Balaban J connectivity index is 2.33. The molecule has 0 fully saturated rings. The van der Waals surface area contributed by atoms with Gasteiger partial charge in [-0.2, -0.15) is 4.98 Å². The quantitative estimate of drug-likeness (QED) is 0.561. The Morgan fingerprint density at radius 1 is 1.53 bits per heavy atom. The lowest BCUT2D eigenvalue weighted by molar-refractivity contribution is 0.0991. The molecule has 6 nitrogen and oxygen atoms in total. The first-order valence-corrected chi connectivity index (χ1v) is 4.44. The zero-order chi connectivity index (χ0) is 11.1. The number of nitrogens with one attached hydrogen (secondary N) is 1. The zero-order valence-corrected chi connectivity index (χ0v) is 8.11. The van der Waals surface area contributed by atoms with Crippen molar-refractivity contribution in [3.8, 4) is 0 Å². The number of aliphatic hydroxyl groups is 1. The third kappa shape index (κ3) is 4.05. The fourth-order valence-electron chi connectivity index (χ4n) is 0.913. The van der Waals surface area contributed by atoms with Gasteiger partial charge in [0.05, 0.1) is 26.0 Å². The molecule has 0 radical (unpaired) electrons. The molecule has 0 atom stereocenters. The predicted octanol–water partition coefficient (Wildman–Crippen LogP) is -0.381. The molecular formula is C8H13FN4O2. The van der Waals surface area contributed by atoms with Crippen molar-refractivity contribution in [2.45, 2.75) is 0 Å². The summed E-state index contributed by atoms with van der Waals surface area (Å²) in [6, 6.07) is 0. The predicted molar refractivity (Wildman–Crippen MR) is 52.8 cm³/mol. The topological polar surface area (TPSA) is 93.3 Å². The van der Waals surface area contributed by atoms with Gasteiger partial charge in [-0.05, 0) is 0 Å². The number of nitrogens with zero attached hydrogens (tertiary/aromatic N) is 2. The number of rotatable bonds is 6. The maximum atomic E-state index is 13.0. The van der Waals surface area contributed by atoms with Crippen molar-refractivity contribution in [1.29, 1.82) is 0 Å². The minimum absolute atomic E-state index is 0.00942. The molecule has 0 unspecified atom stereocenters. The van der Waals surface area contributed by atoms with Gasteiger partial charge in [0.2, 0.25) is 5.95 Å². The smallest absolute Gasteiger partial charge is 0.222 e. The number of aliphatic hydroxyl groups excluding tert-OH is 1. The van der Waals surface area contributed by atoms with E-state index in [0.717, 1.165) is 6.20 Å². The Hall–Kier alpha value is -1.47. The van der Waals surface area contributed by atoms with Gasteiger partial charge in [-0.3, -0.25) is 0 Å². The lowest BCUT2D eigenvalue weighted by atomic mass is 10.5. The molecule has 0 aromatic carbocycles. The monoisotopic (exact) mass is 216 g/mol. The zero-order valence-electron chi connectivity index (χ0n) is 8.11. The van der Waals surface area contributed by atoms with E-state index in [1.165, 1.54) is 0 Å². The molecule has 0 saturated heterocycles. The first kappa shape index (κ1) is 11.6. The second kappa shape index (κ2) is 6.10. The molecule has 0 spiro atoms. The summed E-state index contributed by atoms with van der Waals surface area (Å²) in [6.07, 6.45) is 0.999. The van der Waals surface area contributed by atoms with E-state index in [0.29, 0.717) is 13.2 Å². The van der Waals surface area contributed by atoms with Crippen molar-refractivity contribution in [3.63, 3.8) is 0 Å². The summed E-state index contributed by atoms with van der Waals surface area (Å²) in [5, 5.41) is 11.1. The van der Waals surface area contributed by atoms with Crippen LogP contribution in [-0.4, -0.2) is 41.4 Å². The summed E-state index contributed by atoms with van der Waals surface area (Å²) in [7, 11) is 0. The standard InChI is InChI=1S/C8H13FN4O2/c9-6-5-12-8(10)13-7(6)11-1-3-15-4-2-14/h5,14H,1-4H2,(H3,10,11,12,13). The summed E-state index contributed by atoms with van der Waals surface area (Å²) >= 11 is 0. The van der Waals surface area contributed by atoms with Crippen molar-refractivity contribution in [1.82, 2.24) is 9.97 Å². The SMILES string of the molecule is Nc1ncc(F)c(NCCOCCO)n1. The molecular weight excluding hydrogens is 203 g/mol. The Morgan fingerprint density at radius 3 is 3.07 bits per heavy atom. The van der Waals surface area contributed by atoms with Crippen LogP contribution in [0.2, 0.25) is 0 Å². The van der Waals surface area contributed by atoms with Crippen LogP contribution in [-0.2, 0) is 4.74 Å². The summed E-state index contributed by atoms with van der Waals surface area (Å²) < 4.78 is 18.0. The van der Waals surface area contributed by atoms with E-state index >= 15 is 0 Å². The van der Waals surface area contributed by atoms with Gasteiger partial charge in [-0.1, -0.05) is 0 Å². The number of nitrogens with two attached hydrogens (primary N) is 1. The molecule has 1 rings (SSSR count). The van der Waals surface area contributed by atoms with Crippen LogP contribution < -0.4 is 11.1 Å². The molecule has 4 N–H and O–H groups in total. The highest BCUT2D eigenvalue weighted by Crippen LogP contribution is 2.09. The Labute approximate surface area is 86.3 Å². The van der Waals surface area contributed by atoms with E-state index in [1.54, 1.807) is 0 Å². The Bertz CT molecular complexity index is 311. The molecule has 0 aliphatic heterocycles. The molecule has 0 aliphatic rings. The number of aromatic nitrogens is 2. The van der Waals surface area contributed by atoms with Gasteiger partial charge in [-0.15, -0.1) is 0 Å². The van der Waals surface area contributed by atoms with Crippen LogP contribution in [0.3, 0.4) is 0 Å². The number of nitrogen functional groups attached to an aromatic ring is 1. The third-order valence-electron chi connectivity index (χ3n) is 1.54. The van der Waals surface area contributed by atoms with Crippen LogP contribution in [0, 0.1) is 5.82 Å². The van der Waals surface area contributed by atoms with Gasteiger partial charge in [0.1, 0.15) is 0 Å². The van der Waals surface area contributed by atoms with E-state index in [4.69, 9.17) is 15.6 Å². The van der Waals surface area contributed by atoms with Crippen LogP contribution >= 0.6 is 0 Å². The fraction of sp³-hybridized carbons (Fsp3) is 0.500. The maximum absolute atomic E-state index is 13.0. The van der Waals surface area contributed by atoms with Crippen LogP contribution in [0.4, 0.5) is 16.2 Å². The molecule has 0 saturated carbocycles. The lowest BCUT2D eigenvalue weighted by Crippen LogP contribution is -2.13. The summed E-state index contributed by atoms with van der Waals surface area (Å²) in [5.41, 5.74) is 5.29. The van der Waals surface area contributed by atoms with Crippen molar-refractivity contribution in [3.05, 3.63) is 12.0 Å². The molecule has 0 amide bonds. The molecule has 84 valence electrons. The lowest BCUT2D eigenvalue weighted by Gasteiger charge is -2.06. The normalized spacial score (nSPS) is 10.3. The van der Waals surface area contributed by atoms with Gasteiger partial charge >= 0.3 is 0 Å². The number of hydrogen-bond donors (Lipinski definition) is 3. The molecule has 7 heteroatoms. The van der Waals surface area contributed by atoms with Crippen LogP contribution in [0.15, 0.2) is 6.20 Å². The maximum Gasteiger partial charge on any atom is 0.222 e. The van der Waals surface area contributed by atoms with E-state index in [1.807, 2.05) is 0 Å². The molecule has 1 aromatic heterocycles. The third-order valence-corrected chi connectivity index (χ3v) is 1.54. The number of ether oxygens (including phenoxy) is 1. The molecule has 1 heterocycles. The van der Waals surface area contributed by atoms with Crippen molar-refractivity contribution >= 4 is 11.8 Å². The average Bonchev–Trinajstić information content (AvgIpc) is 2.23. The average molecular weight is 216 g/mol. The highest BCUT2D eigenvalue weighted by molar-refractivity contribution is 5.38. The van der Waals surface area contributed by atoms with Gasteiger partial charge in [-0.25, -0.2) is 9.37 Å². The first-order valence-electron chi connectivity index (χ1n) is 4.44. The highest BCUT2D eigenvalue weighted by Gasteiger charge is 2.03. The summed E-state index contributed by atoms with van der Waals surface area (Å²) in [5.74, 6) is -0.503. The van der Waals surface area contributed by atoms with Gasteiger partial charge in [0.15, 0.2) is 11.6 Å². The van der Waals surface area contributed by atoms with Gasteiger partial charge in [0.25, 0.3) is 0 Å². The van der Waals surface area contributed by atoms with Crippen molar-refractivity contribution in [2.24, 2.45) is 0 Å². The fourth-order valence-corrected chi connectivity index (χ4v) is 0.913. The van der Waals surface area contributed by atoms with E-state index in [2.05, 4.69) is 15.3 Å². The van der Waals surface area contributed by atoms with Crippen LogP contribution in [0.25, 0.3) is 0 Å². The van der Waals surface area contributed by atoms with E-state index < -0.39 is 5.82 Å². The Morgan fingerprint density at radius 2 is 2.33 bits per heavy atom. The van der Waals surface area contributed by atoms with Crippen molar-refractivity contribution in [2.75, 3.05) is 37.4 Å². The number of halogens is 1. The highest BCUT2D eigenvalue weighted by atomic mass is 19.1. The molecule has 15 heavy (non-hydrogen) atoms. The summed E-state index contributed by atoms with van der Waals surface area (Å²) in [4.78, 5) is 7.15. The van der Waals surface area contributed by atoms with Crippen molar-refractivity contribution < 1.29 is 14.2 Å². The minimum atomic E-state index is -0.564. The Kier molecular flexibility index (Phi) is 4.72. The minimum Gasteiger partial charge on any atom is -0.394 e. The van der Waals surface area contributed by atoms with E-state index in [-0.39, 0.29) is 25.0 Å². The molecule has 0 aliphatic carbocycles. The largest absolute Gasteiger partial charge is 0.394 e. The van der Waals surface area contributed by atoms with Crippen LogP contribution in [0.1, 0.15) is 0 Å². The summed E-state index contributed by atoms with van der Waals surface area (Å²) in [6.45, 7) is 0.960. The number of anilines is 2. The molecule has 0 bridgehead atoms. The van der Waals surface area contributed by atoms with E-state index in [9.17, 15) is 4.39 Å². The number of hydrogen-bond acceptors (Lipinski definition) is 6. The first-order chi connectivity index (χ1) is 7.24. The molecule has 1 aromatic rings. The van der Waals surface area contributed by atoms with Gasteiger partial charge < -0.3 is 20.9 Å². The second-order valence-electron chi connectivity index (χ2n) is 2.69. The second-order valence-corrected chi connectivity index (χ2v) is 2.69. The van der Waals surface area contributed by atoms with Gasteiger partial charge in [0, 0.05) is 6.54 Å².